The lowest BCUT2D eigenvalue weighted by atomic mass is 9.98. The second-order valence-electron chi connectivity index (χ2n) is 8.58. The molecule has 0 N–H and O–H groups in total. The Morgan fingerprint density at radius 2 is 1.68 bits per heavy atom. The normalized spacial score (nSPS) is 23.2. The van der Waals surface area contributed by atoms with E-state index in [0.717, 1.165) is 24.0 Å². The smallest absolute Gasteiger partial charge is 0.338 e. The summed E-state index contributed by atoms with van der Waals surface area (Å²) in [6, 6.07) is 16.2. The molecule has 8 nitrogen and oxygen atoms in total. The van der Waals surface area contributed by atoms with Crippen LogP contribution in [0.15, 0.2) is 73.2 Å². The van der Waals surface area contributed by atoms with E-state index >= 15 is 4.39 Å². The van der Waals surface area contributed by atoms with Crippen molar-refractivity contribution in [3.63, 3.8) is 0 Å². The van der Waals surface area contributed by atoms with Crippen LogP contribution in [-0.2, 0) is 14.2 Å². The third-order valence-corrected chi connectivity index (χ3v) is 6.37. The molecule has 1 unspecified atom stereocenters. The molecule has 0 amide bonds. The maximum Gasteiger partial charge on any atom is 0.338 e. The summed E-state index contributed by atoms with van der Waals surface area (Å²) >= 11 is 6.02. The lowest BCUT2D eigenvalue weighted by molar-refractivity contribution is -0.0610. The third-order valence-electron chi connectivity index (χ3n) is 6.08. The zero-order valence-corrected chi connectivity index (χ0v) is 20.1. The van der Waals surface area contributed by atoms with Gasteiger partial charge in [-0.05, 0) is 31.2 Å². The van der Waals surface area contributed by atoms with Crippen molar-refractivity contribution in [2.45, 2.75) is 31.0 Å². The molecule has 2 aromatic carbocycles. The zero-order valence-electron chi connectivity index (χ0n) is 19.4. The van der Waals surface area contributed by atoms with Gasteiger partial charge in [-0.1, -0.05) is 48.0 Å². The number of ether oxygens (including phenoxy) is 3. The van der Waals surface area contributed by atoms with E-state index in [2.05, 4.69) is 9.97 Å². The third kappa shape index (κ3) is 4.65. The summed E-state index contributed by atoms with van der Waals surface area (Å²) in [6.45, 7) is 0.722. The van der Waals surface area contributed by atoms with Gasteiger partial charge in [-0.2, -0.15) is 0 Å². The Morgan fingerprint density at radius 1 is 1.05 bits per heavy atom. The van der Waals surface area contributed by atoms with Crippen LogP contribution in [0.5, 0.6) is 0 Å². The van der Waals surface area contributed by atoms with Gasteiger partial charge in [0, 0.05) is 6.20 Å². The summed E-state index contributed by atoms with van der Waals surface area (Å²) in [5.41, 5.74) is -1.94. The number of carbonyl (C=O) groups excluding carboxylic acids is 2. The van der Waals surface area contributed by atoms with E-state index in [9.17, 15) is 14.0 Å². The van der Waals surface area contributed by atoms with Crippen LogP contribution in [0.1, 0.15) is 33.9 Å². The molecule has 0 saturated carbocycles. The van der Waals surface area contributed by atoms with Gasteiger partial charge in [-0.15, -0.1) is 0 Å². The molecule has 1 saturated heterocycles. The number of halogens is 3. The fourth-order valence-corrected chi connectivity index (χ4v) is 4.50. The van der Waals surface area contributed by atoms with Crippen molar-refractivity contribution in [2.24, 2.45) is 0 Å². The lowest BCUT2D eigenvalue weighted by Gasteiger charge is -2.27. The minimum atomic E-state index is -2.40. The van der Waals surface area contributed by atoms with Crippen LogP contribution in [0, 0.1) is 5.82 Å². The molecule has 37 heavy (non-hydrogen) atoms. The lowest BCUT2D eigenvalue weighted by Crippen LogP contribution is -2.44. The van der Waals surface area contributed by atoms with Crippen LogP contribution in [0.2, 0.25) is 5.15 Å². The second-order valence-corrected chi connectivity index (χ2v) is 8.94. The summed E-state index contributed by atoms with van der Waals surface area (Å²) in [5, 5.41) is -0.263. The maximum absolute atomic E-state index is 16.5. The Bertz CT molecular complexity index is 1450. The Hall–Kier alpha value is -3.89. The number of fused-ring (bicyclic) bond motifs is 1. The summed E-state index contributed by atoms with van der Waals surface area (Å²) < 4.78 is 49.2. The number of aromatic nitrogens is 3. The highest BCUT2D eigenvalue weighted by Crippen LogP contribution is 2.45. The van der Waals surface area contributed by atoms with E-state index in [1.807, 2.05) is 0 Å². The highest BCUT2D eigenvalue weighted by Gasteiger charge is 2.58. The summed E-state index contributed by atoms with van der Waals surface area (Å²) in [6.07, 6.45) is -2.15. The van der Waals surface area contributed by atoms with Gasteiger partial charge in [0.15, 0.2) is 23.8 Å². The monoisotopic (exact) mass is 527 g/mol. The maximum atomic E-state index is 16.5. The average molecular weight is 528 g/mol. The van der Waals surface area contributed by atoms with E-state index in [4.69, 9.17) is 25.8 Å². The van der Waals surface area contributed by atoms with Crippen molar-refractivity contribution in [2.75, 3.05) is 6.61 Å². The Balaban J connectivity index is 1.47. The van der Waals surface area contributed by atoms with E-state index < -0.39 is 48.5 Å². The minimum absolute atomic E-state index is 0.0126. The van der Waals surface area contributed by atoms with Crippen LogP contribution >= 0.6 is 11.6 Å². The molecule has 1 aliphatic heterocycles. The van der Waals surface area contributed by atoms with Crippen molar-refractivity contribution in [1.82, 2.24) is 14.5 Å². The summed E-state index contributed by atoms with van der Waals surface area (Å²) in [5.74, 6) is -2.25. The predicted octanol–water partition coefficient (Wildman–Crippen LogP) is 4.93. The molecular formula is C26H20ClF2N3O5. The number of benzene rings is 2. The zero-order chi connectivity index (χ0) is 26.2. The molecule has 0 radical (unpaired) electrons. The van der Waals surface area contributed by atoms with Crippen LogP contribution in [-0.4, -0.2) is 51.0 Å². The first-order valence-corrected chi connectivity index (χ1v) is 11.6. The first-order chi connectivity index (χ1) is 17.8. The van der Waals surface area contributed by atoms with Gasteiger partial charge in [0.05, 0.1) is 16.5 Å². The molecule has 4 aromatic rings. The van der Waals surface area contributed by atoms with Crippen LogP contribution in [0.4, 0.5) is 8.78 Å². The standard InChI is InChI=1S/C26H20ClF2N3O5/c1-26(29)20(37-24(34)16-10-6-3-7-11-16)18(13-35-23(33)15-8-4-2-5-9-15)36-25(26)32-12-17(28)19-21(27)30-14-31-22(19)32/h2-12,14,18,20,25H,13H2,1H3/t18-,20-,25?,26-/m1/s1. The molecule has 0 bridgehead atoms. The van der Waals surface area contributed by atoms with Gasteiger partial charge >= 0.3 is 11.9 Å². The number of nitrogens with zero attached hydrogens (tertiary/aromatic N) is 3. The average Bonchev–Trinajstić information content (AvgIpc) is 3.37. The molecular weight excluding hydrogens is 508 g/mol. The van der Waals surface area contributed by atoms with Crippen molar-refractivity contribution in [3.8, 4) is 0 Å². The number of alkyl halides is 1. The van der Waals surface area contributed by atoms with Crippen molar-refractivity contribution >= 4 is 34.6 Å². The van der Waals surface area contributed by atoms with Crippen LogP contribution < -0.4 is 0 Å². The van der Waals surface area contributed by atoms with Gasteiger partial charge in [-0.3, -0.25) is 4.57 Å². The van der Waals surface area contributed by atoms with E-state index in [1.165, 1.54) is 12.1 Å². The molecule has 3 heterocycles. The number of rotatable bonds is 6. The Morgan fingerprint density at radius 3 is 2.32 bits per heavy atom. The summed E-state index contributed by atoms with van der Waals surface area (Å²) in [4.78, 5) is 33.2. The van der Waals surface area contributed by atoms with Crippen molar-refractivity contribution < 1.29 is 32.6 Å². The topological polar surface area (TPSA) is 92.5 Å². The molecule has 0 aliphatic carbocycles. The van der Waals surface area contributed by atoms with Crippen molar-refractivity contribution in [1.29, 1.82) is 0 Å². The predicted molar refractivity (Wildman–Crippen MR) is 128 cm³/mol. The van der Waals surface area contributed by atoms with Gasteiger partial charge < -0.3 is 14.2 Å². The van der Waals surface area contributed by atoms with Gasteiger partial charge in [0.2, 0.25) is 0 Å². The first-order valence-electron chi connectivity index (χ1n) is 11.3. The first kappa shape index (κ1) is 24.8. The number of hydrogen-bond acceptors (Lipinski definition) is 7. The van der Waals surface area contributed by atoms with Gasteiger partial charge in [0.25, 0.3) is 0 Å². The van der Waals surface area contributed by atoms with Gasteiger partial charge in [-0.25, -0.2) is 28.3 Å². The van der Waals surface area contributed by atoms with Crippen molar-refractivity contribution in [3.05, 3.63) is 95.3 Å². The molecule has 5 rings (SSSR count). The fourth-order valence-electron chi connectivity index (χ4n) is 4.29. The fraction of sp³-hybridized carbons (Fsp3) is 0.231. The SMILES string of the molecule is C[C@]1(F)C(n2cc(F)c3c(Cl)ncnc32)O[C@H](COC(=O)c2ccccc2)[C@H]1OC(=O)c1ccccc1. The highest BCUT2D eigenvalue weighted by atomic mass is 35.5. The van der Waals surface area contributed by atoms with Crippen LogP contribution in [0.25, 0.3) is 11.0 Å². The van der Waals surface area contributed by atoms with E-state index in [1.54, 1.807) is 48.5 Å². The number of hydrogen-bond donors (Lipinski definition) is 0. The highest BCUT2D eigenvalue weighted by molar-refractivity contribution is 6.34. The number of esters is 2. The molecule has 190 valence electrons. The molecule has 4 atom stereocenters. The Kier molecular flexibility index (Phi) is 6.61. The van der Waals surface area contributed by atoms with E-state index in [0.29, 0.717) is 0 Å². The largest absolute Gasteiger partial charge is 0.459 e. The Labute approximate surface area is 214 Å². The molecule has 1 fully saturated rings. The molecule has 0 spiro atoms. The van der Waals surface area contributed by atoms with Crippen LogP contribution in [0.3, 0.4) is 0 Å². The quantitative estimate of drug-likeness (QED) is 0.259. The van der Waals surface area contributed by atoms with E-state index in [-0.39, 0.29) is 27.3 Å². The summed E-state index contributed by atoms with van der Waals surface area (Å²) in [7, 11) is 0. The second kappa shape index (κ2) is 9.87. The molecule has 2 aromatic heterocycles. The molecule has 11 heteroatoms. The number of carbonyl (C=O) groups is 2. The van der Waals surface area contributed by atoms with Gasteiger partial charge in [0.1, 0.15) is 29.8 Å². The minimum Gasteiger partial charge on any atom is -0.459 e. The molecule has 1 aliphatic rings.